The second kappa shape index (κ2) is 5.92. The fourth-order valence-electron chi connectivity index (χ4n) is 2.22. The van der Waals surface area contributed by atoms with Crippen molar-refractivity contribution >= 4 is 38.4 Å². The Labute approximate surface area is 138 Å². The molecule has 0 aliphatic carbocycles. The SMILES string of the molecule is N#C/C(=C\c1ccc2[nH]ccc2c1)S(=O)(=O)c1ccc(Cl)cc1. The van der Waals surface area contributed by atoms with Gasteiger partial charge in [-0.1, -0.05) is 17.7 Å². The van der Waals surface area contributed by atoms with E-state index in [1.165, 1.54) is 30.3 Å². The van der Waals surface area contributed by atoms with Crippen LogP contribution in [0.1, 0.15) is 5.56 Å². The van der Waals surface area contributed by atoms with Crippen LogP contribution in [0, 0.1) is 11.3 Å². The number of H-pyrrole nitrogens is 1. The molecule has 1 aromatic heterocycles. The van der Waals surface area contributed by atoms with E-state index in [0.29, 0.717) is 10.6 Å². The number of nitrogens with one attached hydrogen (secondary N) is 1. The van der Waals surface area contributed by atoms with Crippen molar-refractivity contribution in [1.29, 1.82) is 5.26 Å². The lowest BCUT2D eigenvalue weighted by molar-refractivity contribution is 0.603. The molecule has 2 aromatic carbocycles. The van der Waals surface area contributed by atoms with Gasteiger partial charge in [0.05, 0.1) is 4.90 Å². The summed E-state index contributed by atoms with van der Waals surface area (Å²) in [5, 5.41) is 10.7. The summed E-state index contributed by atoms with van der Waals surface area (Å²) in [6.07, 6.45) is 3.17. The Morgan fingerprint density at radius 1 is 1.13 bits per heavy atom. The zero-order valence-electron chi connectivity index (χ0n) is 11.8. The highest BCUT2D eigenvalue weighted by molar-refractivity contribution is 7.95. The monoisotopic (exact) mass is 342 g/mol. The van der Waals surface area contributed by atoms with E-state index >= 15 is 0 Å². The molecule has 4 nitrogen and oxygen atoms in total. The number of allylic oxidation sites excluding steroid dienone is 1. The minimum absolute atomic E-state index is 0.0393. The third-order valence-corrected chi connectivity index (χ3v) is 5.33. The Balaban J connectivity index is 2.07. The van der Waals surface area contributed by atoms with Gasteiger partial charge >= 0.3 is 0 Å². The summed E-state index contributed by atoms with van der Waals surface area (Å²) in [5.74, 6) is 0. The van der Waals surface area contributed by atoms with E-state index in [4.69, 9.17) is 11.6 Å². The third kappa shape index (κ3) is 3.00. The number of nitrogens with zero attached hydrogens (tertiary/aromatic N) is 1. The molecule has 0 unspecified atom stereocenters. The second-order valence-electron chi connectivity index (χ2n) is 4.90. The van der Waals surface area contributed by atoms with Gasteiger partial charge in [-0.05, 0) is 59.5 Å². The van der Waals surface area contributed by atoms with Gasteiger partial charge in [0.1, 0.15) is 11.0 Å². The van der Waals surface area contributed by atoms with Crippen molar-refractivity contribution in [2.75, 3.05) is 0 Å². The minimum atomic E-state index is -3.87. The molecule has 0 aliphatic rings. The number of fused-ring (bicyclic) bond motifs is 1. The first-order chi connectivity index (χ1) is 11.0. The highest BCUT2D eigenvalue weighted by Crippen LogP contribution is 2.24. The number of rotatable bonds is 3. The predicted octanol–water partition coefficient (Wildman–Crippen LogP) is 4.16. The molecular formula is C17H11ClN2O2S. The number of nitriles is 1. The van der Waals surface area contributed by atoms with Gasteiger partial charge in [-0.3, -0.25) is 0 Å². The van der Waals surface area contributed by atoms with Crippen molar-refractivity contribution in [2.24, 2.45) is 0 Å². The van der Waals surface area contributed by atoms with E-state index in [1.807, 2.05) is 18.2 Å². The van der Waals surface area contributed by atoms with Crippen LogP contribution in [0.3, 0.4) is 0 Å². The minimum Gasteiger partial charge on any atom is -0.361 e. The highest BCUT2D eigenvalue weighted by atomic mass is 35.5. The van der Waals surface area contributed by atoms with Gasteiger partial charge in [-0.15, -0.1) is 0 Å². The first kappa shape index (κ1) is 15.3. The lowest BCUT2D eigenvalue weighted by Crippen LogP contribution is -2.03. The van der Waals surface area contributed by atoms with Crippen LogP contribution in [0.15, 0.2) is 64.5 Å². The first-order valence-electron chi connectivity index (χ1n) is 6.70. The average molecular weight is 343 g/mol. The van der Waals surface area contributed by atoms with E-state index in [2.05, 4.69) is 4.98 Å². The molecule has 0 saturated heterocycles. The maximum absolute atomic E-state index is 12.6. The second-order valence-corrected chi connectivity index (χ2v) is 7.26. The molecule has 0 radical (unpaired) electrons. The summed E-state index contributed by atoms with van der Waals surface area (Å²) in [5.41, 5.74) is 1.59. The molecule has 23 heavy (non-hydrogen) atoms. The maximum atomic E-state index is 12.6. The molecule has 6 heteroatoms. The van der Waals surface area contributed by atoms with Crippen molar-refractivity contribution in [1.82, 2.24) is 4.98 Å². The lowest BCUT2D eigenvalue weighted by Gasteiger charge is -2.03. The summed E-state index contributed by atoms with van der Waals surface area (Å²) < 4.78 is 25.1. The van der Waals surface area contributed by atoms with E-state index in [-0.39, 0.29) is 9.80 Å². The zero-order valence-corrected chi connectivity index (χ0v) is 13.4. The van der Waals surface area contributed by atoms with Crippen LogP contribution in [0.2, 0.25) is 5.02 Å². The summed E-state index contributed by atoms with van der Waals surface area (Å²) in [6.45, 7) is 0. The largest absolute Gasteiger partial charge is 0.361 e. The zero-order chi connectivity index (χ0) is 16.4. The Kier molecular flexibility index (Phi) is 3.95. The van der Waals surface area contributed by atoms with E-state index in [0.717, 1.165) is 10.9 Å². The van der Waals surface area contributed by atoms with Crippen molar-refractivity contribution < 1.29 is 8.42 Å². The molecule has 0 bridgehead atoms. The van der Waals surface area contributed by atoms with Gasteiger partial charge < -0.3 is 4.98 Å². The van der Waals surface area contributed by atoms with Gasteiger partial charge in [0.15, 0.2) is 0 Å². The van der Waals surface area contributed by atoms with Gasteiger partial charge in [-0.25, -0.2) is 8.42 Å². The summed E-state index contributed by atoms with van der Waals surface area (Å²) in [7, 11) is -3.87. The van der Waals surface area contributed by atoms with Gasteiger partial charge in [-0.2, -0.15) is 5.26 Å². The molecule has 0 atom stereocenters. The molecule has 3 rings (SSSR count). The van der Waals surface area contributed by atoms with Crippen LogP contribution in [0.5, 0.6) is 0 Å². The molecule has 0 aliphatic heterocycles. The smallest absolute Gasteiger partial charge is 0.216 e. The van der Waals surface area contributed by atoms with Crippen molar-refractivity contribution in [3.8, 4) is 6.07 Å². The number of hydrogen-bond donors (Lipinski definition) is 1. The summed E-state index contributed by atoms with van der Waals surface area (Å²) in [6, 6.07) is 14.8. The predicted molar refractivity (Wildman–Crippen MR) is 90.5 cm³/mol. The Morgan fingerprint density at radius 2 is 1.87 bits per heavy atom. The maximum Gasteiger partial charge on any atom is 0.216 e. The van der Waals surface area contributed by atoms with Crippen molar-refractivity contribution in [3.63, 3.8) is 0 Å². The number of sulfone groups is 1. The standard InChI is InChI=1S/C17H11ClN2O2S/c18-14-2-4-15(5-3-14)23(21,22)16(11-19)10-12-1-6-17-13(9-12)7-8-20-17/h1-10,20H/b16-10+. The number of benzene rings is 2. The summed E-state index contributed by atoms with van der Waals surface area (Å²) in [4.78, 5) is 2.79. The molecule has 3 aromatic rings. The van der Waals surface area contributed by atoms with Crippen LogP contribution in [0.4, 0.5) is 0 Å². The molecule has 1 N–H and O–H groups in total. The molecule has 1 heterocycles. The van der Waals surface area contributed by atoms with Crippen LogP contribution >= 0.6 is 11.6 Å². The third-order valence-electron chi connectivity index (χ3n) is 3.40. The molecule has 0 spiro atoms. The Hall–Kier alpha value is -2.55. The quantitative estimate of drug-likeness (QED) is 0.726. The van der Waals surface area contributed by atoms with Crippen LogP contribution < -0.4 is 0 Å². The van der Waals surface area contributed by atoms with Gasteiger partial charge in [0.2, 0.25) is 9.84 Å². The normalized spacial score (nSPS) is 12.3. The van der Waals surface area contributed by atoms with Crippen LogP contribution in [0.25, 0.3) is 17.0 Å². The number of hydrogen-bond acceptors (Lipinski definition) is 3. The molecule has 0 fully saturated rings. The van der Waals surface area contributed by atoms with Crippen LogP contribution in [-0.2, 0) is 9.84 Å². The Morgan fingerprint density at radius 3 is 2.57 bits per heavy atom. The van der Waals surface area contributed by atoms with Crippen molar-refractivity contribution in [2.45, 2.75) is 4.90 Å². The first-order valence-corrected chi connectivity index (χ1v) is 8.56. The van der Waals surface area contributed by atoms with Gasteiger partial charge in [0.25, 0.3) is 0 Å². The van der Waals surface area contributed by atoms with E-state index in [1.54, 1.807) is 18.3 Å². The number of halogens is 1. The molecular weight excluding hydrogens is 332 g/mol. The summed E-state index contributed by atoms with van der Waals surface area (Å²) >= 11 is 5.77. The van der Waals surface area contributed by atoms with Gasteiger partial charge in [0, 0.05) is 16.7 Å². The molecule has 0 saturated carbocycles. The highest BCUT2D eigenvalue weighted by Gasteiger charge is 2.20. The average Bonchev–Trinajstić information content (AvgIpc) is 3.00. The van der Waals surface area contributed by atoms with Crippen molar-refractivity contribution in [3.05, 3.63) is 70.2 Å². The fourth-order valence-corrected chi connectivity index (χ4v) is 3.51. The van der Waals surface area contributed by atoms with E-state index in [9.17, 15) is 13.7 Å². The number of aromatic amines is 1. The topological polar surface area (TPSA) is 73.7 Å². The lowest BCUT2D eigenvalue weighted by atomic mass is 10.1. The van der Waals surface area contributed by atoms with E-state index < -0.39 is 9.84 Å². The Bertz CT molecular complexity index is 1040. The number of aromatic nitrogens is 1. The fraction of sp³-hybridized carbons (Fsp3) is 0. The van der Waals surface area contributed by atoms with Crippen LogP contribution in [-0.4, -0.2) is 13.4 Å². The molecule has 114 valence electrons. The molecule has 0 amide bonds.